The van der Waals surface area contributed by atoms with Crippen LogP contribution in [0.3, 0.4) is 0 Å². The highest BCUT2D eigenvalue weighted by atomic mass is 16.6. The minimum absolute atomic E-state index is 0.403. The fraction of sp³-hybridized carbons (Fsp3) is 0.577. The lowest BCUT2D eigenvalue weighted by Crippen LogP contribution is -2.56. The maximum Gasteiger partial charge on any atom is 0.408 e. The van der Waals surface area contributed by atoms with Crippen molar-refractivity contribution in [2.75, 3.05) is 13.7 Å². The minimum atomic E-state index is -1.39. The molecule has 1 aromatic rings. The molecule has 0 bridgehead atoms. The van der Waals surface area contributed by atoms with Crippen LogP contribution in [0.1, 0.15) is 70.2 Å². The van der Waals surface area contributed by atoms with Crippen molar-refractivity contribution in [1.82, 2.24) is 15.5 Å². The third-order valence-electron chi connectivity index (χ3n) is 5.60. The first kappa shape index (κ1) is 31.4. The number of primary amides is 1. The molecule has 0 spiro atoms. The first-order valence-corrected chi connectivity index (χ1v) is 12.1. The molecule has 11 heteroatoms. The molecule has 0 aliphatic carbocycles. The zero-order chi connectivity index (χ0) is 28.5. The number of esters is 1. The molecule has 3 atom stereocenters. The van der Waals surface area contributed by atoms with Crippen LogP contribution in [-0.2, 0) is 28.7 Å². The molecule has 206 valence electrons. The van der Waals surface area contributed by atoms with Gasteiger partial charge >= 0.3 is 12.1 Å². The van der Waals surface area contributed by atoms with Gasteiger partial charge in [0, 0.05) is 6.04 Å². The number of nitrogens with zero attached hydrogens (tertiary/aromatic N) is 1. The zero-order valence-corrected chi connectivity index (χ0v) is 23.0. The van der Waals surface area contributed by atoms with Crippen LogP contribution >= 0.6 is 0 Å². The van der Waals surface area contributed by atoms with E-state index < -0.39 is 66.5 Å². The van der Waals surface area contributed by atoms with Gasteiger partial charge in [-0.15, -0.1) is 0 Å². The quantitative estimate of drug-likeness (QED) is 0.377. The summed E-state index contributed by atoms with van der Waals surface area (Å²) in [6, 6.07) is 2.35. The number of methoxy groups -OCH3 is 1. The van der Waals surface area contributed by atoms with E-state index in [1.165, 1.54) is 12.0 Å². The first-order chi connectivity index (χ1) is 17.1. The number of carbonyl (C=O) groups is 5. The third kappa shape index (κ3) is 9.74. The molecule has 11 nitrogen and oxygen atoms in total. The second-order valence-corrected chi connectivity index (χ2v) is 9.93. The van der Waals surface area contributed by atoms with Crippen molar-refractivity contribution < 1.29 is 33.4 Å². The molecular formula is C26H40N4O7. The summed E-state index contributed by atoms with van der Waals surface area (Å²) in [5.74, 6) is -2.80. The number of alkyl carbamates (subject to hydrolysis) is 1. The lowest BCUT2D eigenvalue weighted by molar-refractivity contribution is -0.147. The van der Waals surface area contributed by atoms with Crippen LogP contribution in [0.4, 0.5) is 4.79 Å². The number of rotatable bonds is 11. The molecule has 4 amide bonds. The van der Waals surface area contributed by atoms with Crippen molar-refractivity contribution in [2.24, 2.45) is 5.73 Å². The van der Waals surface area contributed by atoms with Crippen molar-refractivity contribution >= 4 is 29.8 Å². The number of benzene rings is 1. The van der Waals surface area contributed by atoms with E-state index in [1.807, 2.05) is 32.9 Å². The molecular weight excluding hydrogens is 480 g/mol. The Morgan fingerprint density at radius 1 is 1.11 bits per heavy atom. The topological polar surface area (TPSA) is 157 Å². The summed E-state index contributed by atoms with van der Waals surface area (Å²) in [5.41, 5.74) is 6.76. The van der Waals surface area contributed by atoms with Crippen LogP contribution in [0.2, 0.25) is 0 Å². The Morgan fingerprint density at radius 2 is 1.73 bits per heavy atom. The molecule has 0 saturated heterocycles. The molecule has 0 saturated carbocycles. The smallest absolute Gasteiger partial charge is 0.408 e. The van der Waals surface area contributed by atoms with Crippen LogP contribution in [0, 0.1) is 13.8 Å². The largest absolute Gasteiger partial charge is 0.468 e. The van der Waals surface area contributed by atoms with E-state index in [0.29, 0.717) is 12.0 Å². The van der Waals surface area contributed by atoms with Gasteiger partial charge in [0.05, 0.1) is 13.5 Å². The van der Waals surface area contributed by atoms with Crippen LogP contribution in [-0.4, -0.2) is 66.0 Å². The number of nitrogens with one attached hydrogen (secondary N) is 2. The lowest BCUT2D eigenvalue weighted by atomic mass is 9.94. The normalized spacial score (nSPS) is 13.5. The van der Waals surface area contributed by atoms with E-state index in [1.54, 1.807) is 33.8 Å². The van der Waals surface area contributed by atoms with E-state index in [0.717, 1.165) is 11.1 Å². The van der Waals surface area contributed by atoms with E-state index in [-0.39, 0.29) is 0 Å². The Balaban J connectivity index is 3.60. The number of hydrogen-bond acceptors (Lipinski definition) is 7. The molecule has 3 unspecified atom stereocenters. The number of aryl methyl sites for hydroxylation is 2. The average molecular weight is 521 g/mol. The Labute approximate surface area is 218 Å². The Hall–Kier alpha value is -3.63. The van der Waals surface area contributed by atoms with Crippen molar-refractivity contribution in [3.63, 3.8) is 0 Å². The molecule has 37 heavy (non-hydrogen) atoms. The van der Waals surface area contributed by atoms with E-state index in [9.17, 15) is 24.0 Å². The van der Waals surface area contributed by atoms with E-state index in [2.05, 4.69) is 15.4 Å². The van der Waals surface area contributed by atoms with Gasteiger partial charge in [-0.3, -0.25) is 19.2 Å². The maximum atomic E-state index is 13.9. The highest BCUT2D eigenvalue weighted by Gasteiger charge is 2.39. The van der Waals surface area contributed by atoms with Crippen LogP contribution in [0.5, 0.6) is 0 Å². The van der Waals surface area contributed by atoms with Crippen LogP contribution in [0.25, 0.3) is 0 Å². The number of hydrogen-bond donors (Lipinski definition) is 3. The zero-order valence-electron chi connectivity index (χ0n) is 23.0. The van der Waals surface area contributed by atoms with Gasteiger partial charge < -0.3 is 30.7 Å². The molecule has 0 aromatic heterocycles. The number of ether oxygens (including phenoxy) is 2. The van der Waals surface area contributed by atoms with Crippen molar-refractivity contribution in [2.45, 2.75) is 85.0 Å². The van der Waals surface area contributed by atoms with Gasteiger partial charge in [0.15, 0.2) is 0 Å². The molecule has 4 N–H and O–H groups in total. The fourth-order valence-electron chi connectivity index (χ4n) is 3.70. The lowest BCUT2D eigenvalue weighted by Gasteiger charge is -2.38. The maximum absolute atomic E-state index is 13.9. The highest BCUT2D eigenvalue weighted by Crippen LogP contribution is 2.29. The Kier molecular flexibility index (Phi) is 11.6. The van der Waals surface area contributed by atoms with Crippen molar-refractivity contribution in [1.29, 1.82) is 0 Å². The van der Waals surface area contributed by atoms with E-state index in [4.69, 9.17) is 10.5 Å². The van der Waals surface area contributed by atoms with Gasteiger partial charge in [-0.25, -0.2) is 4.79 Å². The molecule has 0 aliphatic rings. The number of nitrogens with two attached hydrogens (primary N) is 1. The summed E-state index contributed by atoms with van der Waals surface area (Å²) in [5, 5.41) is 4.96. The van der Waals surface area contributed by atoms with Crippen LogP contribution < -0.4 is 16.4 Å². The summed E-state index contributed by atoms with van der Waals surface area (Å²) in [7, 11) is 1.20. The van der Waals surface area contributed by atoms with Gasteiger partial charge in [-0.1, -0.05) is 30.7 Å². The molecule has 0 heterocycles. The fourth-order valence-corrected chi connectivity index (χ4v) is 3.70. The molecule has 0 aliphatic heterocycles. The van der Waals surface area contributed by atoms with Gasteiger partial charge in [0.25, 0.3) is 0 Å². The highest BCUT2D eigenvalue weighted by molar-refractivity contribution is 5.95. The third-order valence-corrected chi connectivity index (χ3v) is 5.60. The number of carbonyl (C=O) groups excluding carboxylic acids is 5. The molecule has 0 radical (unpaired) electrons. The predicted octanol–water partition coefficient (Wildman–Crippen LogP) is 2.03. The van der Waals surface area contributed by atoms with Gasteiger partial charge in [0.1, 0.15) is 24.2 Å². The summed E-state index contributed by atoms with van der Waals surface area (Å²) >= 11 is 0. The SMILES string of the molecule is CCC(C)N(C(=O)C(CC(N)=O)NC(=O)OC(C)(C)C)C(C(=O)NCC(=O)OC)c1ccc(C)cc1C. The second-order valence-electron chi connectivity index (χ2n) is 9.93. The minimum Gasteiger partial charge on any atom is -0.468 e. The summed E-state index contributed by atoms with van der Waals surface area (Å²) in [6.07, 6.45) is -0.962. The number of amides is 4. The summed E-state index contributed by atoms with van der Waals surface area (Å²) < 4.78 is 9.89. The van der Waals surface area contributed by atoms with Gasteiger partial charge in [-0.2, -0.15) is 0 Å². The summed E-state index contributed by atoms with van der Waals surface area (Å²) in [4.78, 5) is 64.8. The van der Waals surface area contributed by atoms with Gasteiger partial charge in [0.2, 0.25) is 17.7 Å². The van der Waals surface area contributed by atoms with Gasteiger partial charge in [-0.05, 0) is 59.1 Å². The summed E-state index contributed by atoms with van der Waals surface area (Å²) in [6.45, 7) is 11.9. The van der Waals surface area contributed by atoms with Crippen molar-refractivity contribution in [3.8, 4) is 0 Å². The molecule has 0 fully saturated rings. The molecule has 1 aromatic carbocycles. The van der Waals surface area contributed by atoms with Crippen LogP contribution in [0.15, 0.2) is 18.2 Å². The van der Waals surface area contributed by atoms with E-state index >= 15 is 0 Å². The Bertz CT molecular complexity index is 1000. The monoisotopic (exact) mass is 520 g/mol. The second kappa shape index (κ2) is 13.6. The molecule has 1 rings (SSSR count). The standard InChI is InChI=1S/C26H40N4O7/c1-9-17(4)30(24(34)19(13-20(27)31)29-25(35)37-26(5,6)7)22(23(33)28-14-21(32)36-8)18-11-10-15(2)12-16(18)3/h10-12,17,19,22H,9,13-14H2,1-8H3,(H2,27,31)(H,28,33)(H,29,35). The Morgan fingerprint density at radius 3 is 2.22 bits per heavy atom. The van der Waals surface area contributed by atoms with Crippen molar-refractivity contribution in [3.05, 3.63) is 34.9 Å². The predicted molar refractivity (Wildman–Crippen MR) is 137 cm³/mol. The average Bonchev–Trinajstić information content (AvgIpc) is 2.78. The first-order valence-electron chi connectivity index (χ1n) is 12.1.